The lowest BCUT2D eigenvalue weighted by Gasteiger charge is -2.17. The first-order chi connectivity index (χ1) is 17.5. The normalized spacial score (nSPS) is 11.3. The van der Waals surface area contributed by atoms with Gasteiger partial charge in [-0.05, 0) is 48.0 Å². The largest absolute Gasteiger partial charge is 0.508 e. The van der Waals surface area contributed by atoms with E-state index in [4.69, 9.17) is 23.2 Å². The maximum atomic E-state index is 13.3. The van der Waals surface area contributed by atoms with Crippen molar-refractivity contribution in [3.8, 4) is 5.75 Å². The van der Waals surface area contributed by atoms with Gasteiger partial charge in [-0.25, -0.2) is 9.18 Å². The molecule has 0 heterocycles. The van der Waals surface area contributed by atoms with Gasteiger partial charge < -0.3 is 26.2 Å². The van der Waals surface area contributed by atoms with Gasteiger partial charge in [0.05, 0.1) is 15.6 Å². The van der Waals surface area contributed by atoms with Crippen molar-refractivity contribution in [1.29, 1.82) is 0 Å². The zero-order valence-corrected chi connectivity index (χ0v) is 20.4. The molecule has 3 rings (SSSR count). The molecule has 5 N–H and O–H groups in total. The molecule has 0 aliphatic heterocycles. The maximum Gasteiger partial charge on any atom is 0.328 e. The number of carboxylic acid groups (broad SMARTS) is 1. The molecule has 0 radical (unpaired) electrons. The van der Waals surface area contributed by atoms with E-state index < -0.39 is 42.1 Å². The lowest BCUT2D eigenvalue weighted by molar-refractivity contribution is -0.139. The molecule has 0 aromatic heterocycles. The van der Waals surface area contributed by atoms with Gasteiger partial charge in [-0.15, -0.1) is 0 Å². The van der Waals surface area contributed by atoms with Gasteiger partial charge >= 0.3 is 5.97 Å². The van der Waals surface area contributed by atoms with E-state index in [1.165, 1.54) is 36.4 Å². The van der Waals surface area contributed by atoms with E-state index in [2.05, 4.69) is 16.0 Å². The summed E-state index contributed by atoms with van der Waals surface area (Å²) in [6.07, 6.45) is 0. The number of amides is 3. The molecule has 37 heavy (non-hydrogen) atoms. The number of phenolic OH excluding ortho intramolecular Hbond substituents is 1. The predicted molar refractivity (Wildman–Crippen MR) is 133 cm³/mol. The van der Waals surface area contributed by atoms with Crippen molar-refractivity contribution in [2.45, 2.75) is 12.6 Å². The molecule has 0 spiro atoms. The van der Waals surface area contributed by atoms with Crippen LogP contribution >= 0.6 is 23.2 Å². The minimum Gasteiger partial charge on any atom is -0.508 e. The van der Waals surface area contributed by atoms with Crippen LogP contribution in [-0.2, 0) is 11.3 Å². The standard InChI is InChI=1S/C25H20Cl2FN3O6/c26-18-9-15(23(34)29-11-13-3-1-6-17(32)7-13)10-19(27)21(18)24(35)31-20(25(36)37)12-30-22(33)14-4-2-5-16(28)8-14/h1-10,20,32H,11-12H2,(H,29,34)(H,30,33)(H,31,35)(H,36,37). The predicted octanol–water partition coefficient (Wildman–Crippen LogP) is 3.38. The van der Waals surface area contributed by atoms with E-state index in [1.807, 2.05) is 0 Å². The Kier molecular flexibility index (Phi) is 9.05. The van der Waals surface area contributed by atoms with E-state index in [1.54, 1.807) is 12.1 Å². The first kappa shape index (κ1) is 27.4. The molecule has 0 fully saturated rings. The van der Waals surface area contributed by atoms with Crippen LogP contribution in [0.5, 0.6) is 5.75 Å². The summed E-state index contributed by atoms with van der Waals surface area (Å²) in [6.45, 7) is -0.409. The number of carbonyl (C=O) groups is 4. The second-order valence-corrected chi connectivity index (χ2v) is 8.57. The number of hydrogen-bond donors (Lipinski definition) is 5. The molecule has 0 aliphatic carbocycles. The number of carboxylic acids is 1. The summed E-state index contributed by atoms with van der Waals surface area (Å²) in [5, 5.41) is 25.7. The molecular formula is C25H20Cl2FN3O6. The van der Waals surface area contributed by atoms with Crippen LogP contribution in [0.25, 0.3) is 0 Å². The van der Waals surface area contributed by atoms with Crippen LogP contribution in [0.3, 0.4) is 0 Å². The van der Waals surface area contributed by atoms with Crippen LogP contribution in [0.15, 0.2) is 60.7 Å². The third kappa shape index (κ3) is 7.42. The Hall–Kier alpha value is -4.15. The van der Waals surface area contributed by atoms with Crippen molar-refractivity contribution in [3.05, 3.63) is 98.8 Å². The molecule has 192 valence electrons. The van der Waals surface area contributed by atoms with Crippen molar-refractivity contribution in [2.75, 3.05) is 6.54 Å². The summed E-state index contributed by atoms with van der Waals surface area (Å²) >= 11 is 12.4. The summed E-state index contributed by atoms with van der Waals surface area (Å²) in [7, 11) is 0. The lowest BCUT2D eigenvalue weighted by atomic mass is 10.1. The van der Waals surface area contributed by atoms with Gasteiger partial charge in [0.25, 0.3) is 17.7 Å². The van der Waals surface area contributed by atoms with E-state index in [0.717, 1.165) is 12.1 Å². The fourth-order valence-electron chi connectivity index (χ4n) is 3.23. The van der Waals surface area contributed by atoms with Gasteiger partial charge in [0.1, 0.15) is 17.6 Å². The summed E-state index contributed by atoms with van der Waals surface area (Å²) < 4.78 is 13.3. The summed E-state index contributed by atoms with van der Waals surface area (Å²) in [5.74, 6) is -4.30. The van der Waals surface area contributed by atoms with Crippen molar-refractivity contribution in [1.82, 2.24) is 16.0 Å². The average molecular weight is 548 g/mol. The van der Waals surface area contributed by atoms with Crippen LogP contribution in [0.2, 0.25) is 10.0 Å². The highest BCUT2D eigenvalue weighted by atomic mass is 35.5. The summed E-state index contributed by atoms with van der Waals surface area (Å²) in [6, 6.07) is 11.9. The van der Waals surface area contributed by atoms with E-state index >= 15 is 0 Å². The Morgan fingerprint density at radius 1 is 0.838 bits per heavy atom. The van der Waals surface area contributed by atoms with Gasteiger partial charge in [0.2, 0.25) is 0 Å². The van der Waals surface area contributed by atoms with Crippen molar-refractivity contribution in [3.63, 3.8) is 0 Å². The van der Waals surface area contributed by atoms with E-state index in [0.29, 0.717) is 5.56 Å². The number of aliphatic carboxylic acids is 1. The third-order valence-electron chi connectivity index (χ3n) is 5.05. The monoisotopic (exact) mass is 547 g/mol. The van der Waals surface area contributed by atoms with Crippen LogP contribution in [-0.4, -0.2) is 46.5 Å². The Morgan fingerprint density at radius 2 is 1.49 bits per heavy atom. The number of aromatic hydroxyl groups is 1. The fraction of sp³-hybridized carbons (Fsp3) is 0.120. The third-order valence-corrected chi connectivity index (χ3v) is 5.65. The average Bonchev–Trinajstić information content (AvgIpc) is 2.84. The second-order valence-electron chi connectivity index (χ2n) is 7.75. The number of hydrogen-bond acceptors (Lipinski definition) is 5. The van der Waals surface area contributed by atoms with Gasteiger partial charge in [-0.1, -0.05) is 41.4 Å². The molecular weight excluding hydrogens is 528 g/mol. The zero-order valence-electron chi connectivity index (χ0n) is 18.9. The van der Waals surface area contributed by atoms with Crippen LogP contribution < -0.4 is 16.0 Å². The smallest absolute Gasteiger partial charge is 0.328 e. The first-order valence-electron chi connectivity index (χ1n) is 10.7. The fourth-order valence-corrected chi connectivity index (χ4v) is 3.89. The number of carbonyl (C=O) groups excluding carboxylic acids is 3. The molecule has 0 aliphatic rings. The number of halogens is 3. The molecule has 3 aromatic carbocycles. The summed E-state index contributed by atoms with van der Waals surface area (Å²) in [4.78, 5) is 49.1. The molecule has 0 saturated heterocycles. The number of phenols is 1. The molecule has 3 amide bonds. The second kappa shape index (κ2) is 12.2. The number of rotatable bonds is 9. The van der Waals surface area contributed by atoms with Crippen molar-refractivity contribution >= 4 is 46.9 Å². The SMILES string of the molecule is O=C(NCc1cccc(O)c1)c1cc(Cl)c(C(=O)NC(CNC(=O)c2cccc(F)c2)C(=O)O)c(Cl)c1. The van der Waals surface area contributed by atoms with Gasteiger partial charge in [-0.3, -0.25) is 14.4 Å². The van der Waals surface area contributed by atoms with Crippen LogP contribution in [0, 0.1) is 5.82 Å². The zero-order chi connectivity index (χ0) is 27.1. The van der Waals surface area contributed by atoms with E-state index in [-0.39, 0.29) is 39.0 Å². The topological polar surface area (TPSA) is 145 Å². The molecule has 12 heteroatoms. The van der Waals surface area contributed by atoms with Crippen molar-refractivity contribution in [2.24, 2.45) is 0 Å². The van der Waals surface area contributed by atoms with Crippen molar-refractivity contribution < 1.29 is 33.8 Å². The Labute approximate surface area is 220 Å². The molecule has 1 atom stereocenters. The van der Waals surface area contributed by atoms with Crippen LogP contribution in [0.1, 0.15) is 36.6 Å². The Bertz CT molecular complexity index is 1340. The minimum atomic E-state index is -1.57. The Morgan fingerprint density at radius 3 is 2.11 bits per heavy atom. The van der Waals surface area contributed by atoms with Gasteiger partial charge in [-0.2, -0.15) is 0 Å². The molecule has 1 unspecified atom stereocenters. The molecule has 0 saturated carbocycles. The molecule has 0 bridgehead atoms. The summed E-state index contributed by atoms with van der Waals surface area (Å²) in [5.41, 5.74) is 0.393. The maximum absolute atomic E-state index is 13.3. The lowest BCUT2D eigenvalue weighted by Crippen LogP contribution is -2.48. The quantitative estimate of drug-likeness (QED) is 0.277. The number of benzene rings is 3. The number of nitrogens with one attached hydrogen (secondary N) is 3. The Balaban J connectivity index is 1.66. The first-order valence-corrected chi connectivity index (χ1v) is 11.4. The molecule has 9 nitrogen and oxygen atoms in total. The minimum absolute atomic E-state index is 0.0283. The molecule has 3 aromatic rings. The van der Waals surface area contributed by atoms with Gasteiger partial charge in [0.15, 0.2) is 0 Å². The van der Waals surface area contributed by atoms with Crippen LogP contribution in [0.4, 0.5) is 4.39 Å². The van der Waals surface area contributed by atoms with E-state index in [9.17, 15) is 33.8 Å². The van der Waals surface area contributed by atoms with Gasteiger partial charge in [0, 0.05) is 24.2 Å². The highest BCUT2D eigenvalue weighted by Crippen LogP contribution is 2.27. The highest BCUT2D eigenvalue weighted by Gasteiger charge is 2.25. The highest BCUT2D eigenvalue weighted by molar-refractivity contribution is 6.40.